The van der Waals surface area contributed by atoms with Crippen LogP contribution in [0.15, 0.2) is 36.4 Å². The highest BCUT2D eigenvalue weighted by Gasteiger charge is 2.31. The number of ether oxygens (including phenoxy) is 2. The average Bonchev–Trinajstić information content (AvgIpc) is 2.74. The lowest BCUT2D eigenvalue weighted by molar-refractivity contribution is -0.274. The molecule has 0 bridgehead atoms. The molecule has 0 saturated carbocycles. The second kappa shape index (κ2) is 9.96. The Bertz CT molecular complexity index is 1010. The van der Waals surface area contributed by atoms with Crippen molar-refractivity contribution in [2.24, 2.45) is 0 Å². The molecule has 1 saturated heterocycles. The fourth-order valence-electron chi connectivity index (χ4n) is 5.13. The smallest absolute Gasteiger partial charge is 0.406 e. The zero-order valence-electron chi connectivity index (χ0n) is 19.7. The third-order valence-corrected chi connectivity index (χ3v) is 6.53. The Morgan fingerprint density at radius 1 is 1.09 bits per heavy atom. The first-order chi connectivity index (χ1) is 16.1. The highest BCUT2D eigenvalue weighted by molar-refractivity contribution is 5.94. The van der Waals surface area contributed by atoms with Crippen molar-refractivity contribution < 1.29 is 27.4 Å². The van der Waals surface area contributed by atoms with Crippen molar-refractivity contribution in [1.82, 2.24) is 10.2 Å². The minimum absolute atomic E-state index is 0.0332. The minimum Gasteiger partial charge on any atom is -0.406 e. The van der Waals surface area contributed by atoms with Crippen molar-refractivity contribution in [3.8, 4) is 5.75 Å². The molecule has 2 aromatic carbocycles. The molecule has 3 atom stereocenters. The summed E-state index contributed by atoms with van der Waals surface area (Å²) in [5.41, 5.74) is 5.53. The summed E-state index contributed by atoms with van der Waals surface area (Å²) < 4.78 is 46.9. The number of fused-ring (bicyclic) bond motifs is 1. The number of halogens is 3. The van der Waals surface area contributed by atoms with Crippen LogP contribution in [0, 0.1) is 6.92 Å². The van der Waals surface area contributed by atoms with Gasteiger partial charge in [0.15, 0.2) is 0 Å². The molecule has 1 heterocycles. The number of nitrogens with zero attached hydrogens (tertiary/aromatic N) is 1. The molecule has 1 amide bonds. The molecule has 1 fully saturated rings. The van der Waals surface area contributed by atoms with E-state index in [2.05, 4.69) is 47.9 Å². The van der Waals surface area contributed by atoms with Crippen molar-refractivity contribution in [3.63, 3.8) is 0 Å². The van der Waals surface area contributed by atoms with Gasteiger partial charge >= 0.3 is 6.36 Å². The van der Waals surface area contributed by atoms with Crippen LogP contribution in [0.4, 0.5) is 13.2 Å². The largest absolute Gasteiger partial charge is 0.573 e. The summed E-state index contributed by atoms with van der Waals surface area (Å²) in [6, 6.07) is 9.36. The minimum atomic E-state index is -4.76. The zero-order valence-corrected chi connectivity index (χ0v) is 19.7. The monoisotopic (exact) mass is 476 g/mol. The summed E-state index contributed by atoms with van der Waals surface area (Å²) in [7, 11) is 0. The first-order valence-electron chi connectivity index (χ1n) is 11.7. The first-order valence-corrected chi connectivity index (χ1v) is 11.7. The standard InChI is InChI=1S/C26H31F3N2O3/c1-16-4-5-20(15-31-13-17(2)33-18(3)14-31)24-12-21(8-11-23(16)24)30-25(32)19-6-9-22(10-7-19)34-26(27,28)29/h4-7,9-10,17-18,21H,8,11-15H2,1-3H3,(H,30,32)/t17?,18?,21-/m1/s1. The third kappa shape index (κ3) is 6.10. The van der Waals surface area contributed by atoms with Crippen LogP contribution in [0.25, 0.3) is 0 Å². The van der Waals surface area contributed by atoms with E-state index in [1.807, 2.05) is 0 Å². The summed E-state index contributed by atoms with van der Waals surface area (Å²) in [4.78, 5) is 15.2. The van der Waals surface area contributed by atoms with E-state index in [9.17, 15) is 18.0 Å². The molecule has 184 valence electrons. The number of rotatable bonds is 5. The maximum atomic E-state index is 12.8. The van der Waals surface area contributed by atoms with Gasteiger partial charge in [-0.05, 0) is 86.6 Å². The Kier molecular flexibility index (Phi) is 7.19. The molecule has 5 nitrogen and oxygen atoms in total. The van der Waals surface area contributed by atoms with Gasteiger partial charge in [0, 0.05) is 31.2 Å². The lowest BCUT2D eigenvalue weighted by Crippen LogP contribution is -2.45. The maximum Gasteiger partial charge on any atom is 0.573 e. The van der Waals surface area contributed by atoms with E-state index in [1.165, 1.54) is 34.4 Å². The van der Waals surface area contributed by atoms with Gasteiger partial charge in [-0.15, -0.1) is 13.2 Å². The first kappa shape index (κ1) is 24.5. The van der Waals surface area contributed by atoms with Crippen LogP contribution in [0.1, 0.15) is 52.9 Å². The van der Waals surface area contributed by atoms with Gasteiger partial charge in [-0.3, -0.25) is 9.69 Å². The molecular weight excluding hydrogens is 445 g/mol. The van der Waals surface area contributed by atoms with E-state index >= 15 is 0 Å². The molecule has 2 aliphatic rings. The molecule has 1 N–H and O–H groups in total. The van der Waals surface area contributed by atoms with Gasteiger partial charge in [-0.25, -0.2) is 0 Å². The molecular formula is C26H31F3N2O3. The van der Waals surface area contributed by atoms with Crippen LogP contribution in [0.5, 0.6) is 5.75 Å². The predicted octanol–water partition coefficient (Wildman–Crippen LogP) is 4.79. The Hall–Kier alpha value is -2.58. The predicted molar refractivity (Wildman–Crippen MR) is 123 cm³/mol. The topological polar surface area (TPSA) is 50.8 Å². The van der Waals surface area contributed by atoms with Gasteiger partial charge in [0.25, 0.3) is 5.91 Å². The van der Waals surface area contributed by atoms with E-state index in [0.717, 1.165) is 51.0 Å². The second-order valence-electron chi connectivity index (χ2n) is 9.44. The van der Waals surface area contributed by atoms with Gasteiger partial charge in [0.05, 0.1) is 12.2 Å². The quantitative estimate of drug-likeness (QED) is 0.674. The molecule has 34 heavy (non-hydrogen) atoms. The normalized spacial score (nSPS) is 23.3. The Morgan fingerprint density at radius 3 is 2.41 bits per heavy atom. The third-order valence-electron chi connectivity index (χ3n) is 6.53. The fraction of sp³-hybridized carbons (Fsp3) is 0.500. The van der Waals surface area contributed by atoms with Crippen LogP contribution in [-0.4, -0.2) is 48.5 Å². The molecule has 4 rings (SSSR count). The van der Waals surface area contributed by atoms with Crippen LogP contribution in [0.2, 0.25) is 0 Å². The maximum absolute atomic E-state index is 12.8. The number of morpholine rings is 1. The molecule has 0 aromatic heterocycles. The average molecular weight is 477 g/mol. The number of aryl methyl sites for hydroxylation is 1. The van der Waals surface area contributed by atoms with E-state index in [1.54, 1.807) is 0 Å². The van der Waals surface area contributed by atoms with Gasteiger partial charge in [0.2, 0.25) is 0 Å². The Labute approximate surface area is 198 Å². The lowest BCUT2D eigenvalue weighted by atomic mass is 9.82. The van der Waals surface area contributed by atoms with Crippen molar-refractivity contribution in [2.45, 2.75) is 71.2 Å². The molecule has 0 spiro atoms. The number of carbonyl (C=O) groups is 1. The number of hydrogen-bond donors (Lipinski definition) is 1. The molecule has 0 radical (unpaired) electrons. The zero-order chi connectivity index (χ0) is 24.5. The number of amides is 1. The molecule has 2 unspecified atom stereocenters. The van der Waals surface area contributed by atoms with Crippen molar-refractivity contribution in [1.29, 1.82) is 0 Å². The number of benzene rings is 2. The molecule has 1 aliphatic heterocycles. The number of nitrogens with one attached hydrogen (secondary N) is 1. The van der Waals surface area contributed by atoms with E-state index < -0.39 is 6.36 Å². The van der Waals surface area contributed by atoms with E-state index in [0.29, 0.717) is 5.56 Å². The number of alkyl halides is 3. The molecule has 8 heteroatoms. The van der Waals surface area contributed by atoms with Gasteiger partial charge in [-0.2, -0.15) is 0 Å². The van der Waals surface area contributed by atoms with Gasteiger partial charge in [-0.1, -0.05) is 12.1 Å². The van der Waals surface area contributed by atoms with Crippen LogP contribution >= 0.6 is 0 Å². The van der Waals surface area contributed by atoms with Crippen LogP contribution in [0.3, 0.4) is 0 Å². The summed E-state index contributed by atoms with van der Waals surface area (Å²) >= 11 is 0. The Balaban J connectivity index is 1.44. The van der Waals surface area contributed by atoms with Crippen LogP contribution < -0.4 is 10.1 Å². The fourth-order valence-corrected chi connectivity index (χ4v) is 5.13. The molecule has 2 aromatic rings. The highest BCUT2D eigenvalue weighted by Crippen LogP contribution is 2.30. The summed E-state index contributed by atoms with van der Waals surface area (Å²) in [5, 5.41) is 3.07. The van der Waals surface area contributed by atoms with Crippen LogP contribution in [-0.2, 0) is 24.1 Å². The second-order valence-corrected chi connectivity index (χ2v) is 9.44. The van der Waals surface area contributed by atoms with Gasteiger partial charge < -0.3 is 14.8 Å². The molecule has 1 aliphatic carbocycles. The summed E-state index contributed by atoms with van der Waals surface area (Å²) in [6.07, 6.45) is -1.91. The van der Waals surface area contributed by atoms with E-state index in [4.69, 9.17) is 4.74 Å². The highest BCUT2D eigenvalue weighted by atomic mass is 19.4. The summed E-state index contributed by atoms with van der Waals surface area (Å²) in [5.74, 6) is -0.639. The Morgan fingerprint density at radius 2 is 1.76 bits per heavy atom. The lowest BCUT2D eigenvalue weighted by Gasteiger charge is -2.36. The van der Waals surface area contributed by atoms with Crippen molar-refractivity contribution in [2.75, 3.05) is 13.1 Å². The SMILES string of the molecule is Cc1ccc(CN2CC(C)OC(C)C2)c2c1CC[C@@H](NC(=O)c1ccc(OC(F)(F)F)cc1)C2. The van der Waals surface area contributed by atoms with E-state index in [-0.39, 0.29) is 29.9 Å². The summed E-state index contributed by atoms with van der Waals surface area (Å²) in [6.45, 7) is 8.95. The number of hydrogen-bond acceptors (Lipinski definition) is 4. The number of carbonyl (C=O) groups excluding carboxylic acids is 1. The van der Waals surface area contributed by atoms with Crippen molar-refractivity contribution >= 4 is 5.91 Å². The van der Waals surface area contributed by atoms with Crippen molar-refractivity contribution in [3.05, 3.63) is 64.2 Å². The van der Waals surface area contributed by atoms with Gasteiger partial charge in [0.1, 0.15) is 5.75 Å².